The van der Waals surface area contributed by atoms with Crippen LogP contribution in [-0.4, -0.2) is 37.2 Å². The molecule has 0 radical (unpaired) electrons. The van der Waals surface area contributed by atoms with Gasteiger partial charge in [-0.3, -0.25) is 4.90 Å². The van der Waals surface area contributed by atoms with Gasteiger partial charge in [-0.1, -0.05) is 19.1 Å². The topological polar surface area (TPSA) is 24.5 Å². The van der Waals surface area contributed by atoms with Gasteiger partial charge in [0.25, 0.3) is 0 Å². The van der Waals surface area contributed by atoms with E-state index in [2.05, 4.69) is 41.4 Å². The molecule has 1 aromatic carbocycles. The van der Waals surface area contributed by atoms with Crippen molar-refractivity contribution in [2.45, 2.75) is 45.7 Å². The summed E-state index contributed by atoms with van der Waals surface area (Å²) in [6, 6.07) is 9.23. The molecule has 1 unspecified atom stereocenters. The Bertz CT molecular complexity index is 371. The second-order valence-corrected chi connectivity index (χ2v) is 5.61. The molecule has 0 spiro atoms. The first-order valence-corrected chi connectivity index (χ1v) is 7.99. The zero-order valence-electron chi connectivity index (χ0n) is 12.9. The molecule has 3 heteroatoms. The molecule has 0 amide bonds. The lowest BCUT2D eigenvalue weighted by Gasteiger charge is -2.25. The van der Waals surface area contributed by atoms with Crippen LogP contribution >= 0.6 is 0 Å². The molecule has 2 rings (SSSR count). The lowest BCUT2D eigenvalue weighted by Crippen LogP contribution is -2.37. The monoisotopic (exact) mass is 276 g/mol. The zero-order chi connectivity index (χ0) is 14.2. The predicted octanol–water partition coefficient (Wildman–Crippen LogP) is 3.05. The lowest BCUT2D eigenvalue weighted by atomic mass is 10.1. The van der Waals surface area contributed by atoms with Gasteiger partial charge in [0, 0.05) is 19.1 Å². The summed E-state index contributed by atoms with van der Waals surface area (Å²) in [5.74, 6) is 0.968. The first-order chi connectivity index (χ1) is 9.81. The van der Waals surface area contributed by atoms with Crippen molar-refractivity contribution in [3.05, 3.63) is 29.8 Å². The molecule has 1 heterocycles. The maximum absolute atomic E-state index is 5.50. The number of benzene rings is 1. The summed E-state index contributed by atoms with van der Waals surface area (Å²) in [5, 5.41) is 3.60. The van der Waals surface area contributed by atoms with E-state index in [0.29, 0.717) is 6.04 Å². The van der Waals surface area contributed by atoms with Crippen LogP contribution in [0.2, 0.25) is 0 Å². The van der Waals surface area contributed by atoms with Crippen molar-refractivity contribution < 1.29 is 4.74 Å². The van der Waals surface area contributed by atoms with E-state index >= 15 is 0 Å². The largest absolute Gasteiger partial charge is 0.494 e. The molecular weight excluding hydrogens is 248 g/mol. The minimum atomic E-state index is 0.684. The third kappa shape index (κ3) is 4.80. The van der Waals surface area contributed by atoms with Gasteiger partial charge in [-0.2, -0.15) is 0 Å². The number of hydrogen-bond acceptors (Lipinski definition) is 3. The van der Waals surface area contributed by atoms with E-state index in [1.807, 2.05) is 6.92 Å². The third-order valence-corrected chi connectivity index (χ3v) is 3.82. The van der Waals surface area contributed by atoms with Crippen LogP contribution in [0.25, 0.3) is 0 Å². The zero-order valence-corrected chi connectivity index (χ0v) is 12.9. The molecule has 0 aromatic heterocycles. The van der Waals surface area contributed by atoms with Crippen LogP contribution in [-0.2, 0) is 6.54 Å². The molecule has 0 bridgehead atoms. The molecule has 1 fully saturated rings. The highest BCUT2D eigenvalue weighted by molar-refractivity contribution is 5.27. The Hall–Kier alpha value is -1.06. The fraction of sp³-hybridized carbons (Fsp3) is 0.647. The van der Waals surface area contributed by atoms with Crippen LogP contribution in [0, 0.1) is 0 Å². The van der Waals surface area contributed by atoms with Gasteiger partial charge in [0.15, 0.2) is 0 Å². The first-order valence-electron chi connectivity index (χ1n) is 7.99. The van der Waals surface area contributed by atoms with E-state index in [9.17, 15) is 0 Å². The van der Waals surface area contributed by atoms with E-state index in [1.165, 1.54) is 44.5 Å². The average molecular weight is 276 g/mol. The van der Waals surface area contributed by atoms with Gasteiger partial charge in [0.05, 0.1) is 6.61 Å². The van der Waals surface area contributed by atoms with E-state index in [1.54, 1.807) is 0 Å². The summed E-state index contributed by atoms with van der Waals surface area (Å²) >= 11 is 0. The van der Waals surface area contributed by atoms with Crippen molar-refractivity contribution in [3.8, 4) is 5.75 Å². The Labute approximate surface area is 123 Å². The van der Waals surface area contributed by atoms with E-state index < -0.39 is 0 Å². The Morgan fingerprint density at radius 3 is 2.65 bits per heavy atom. The summed E-state index contributed by atoms with van der Waals surface area (Å²) in [7, 11) is 0. The van der Waals surface area contributed by atoms with Crippen molar-refractivity contribution in [2.75, 3.05) is 26.2 Å². The maximum Gasteiger partial charge on any atom is 0.119 e. The van der Waals surface area contributed by atoms with Crippen molar-refractivity contribution in [3.63, 3.8) is 0 Å². The SMILES string of the molecule is CCCN(Cc1ccc(OCC)cc1)CC1CCCN1. The highest BCUT2D eigenvalue weighted by Gasteiger charge is 2.17. The van der Waals surface area contributed by atoms with E-state index in [4.69, 9.17) is 4.74 Å². The molecule has 0 saturated carbocycles. The molecule has 3 nitrogen and oxygen atoms in total. The summed E-state index contributed by atoms with van der Waals surface area (Å²) in [6.45, 7) is 9.58. The first kappa shape index (κ1) is 15.3. The smallest absolute Gasteiger partial charge is 0.119 e. The summed E-state index contributed by atoms with van der Waals surface area (Å²) in [6.07, 6.45) is 3.86. The van der Waals surface area contributed by atoms with Crippen LogP contribution in [0.3, 0.4) is 0 Å². The summed E-state index contributed by atoms with van der Waals surface area (Å²) < 4.78 is 5.50. The highest BCUT2D eigenvalue weighted by Crippen LogP contribution is 2.15. The van der Waals surface area contributed by atoms with E-state index in [-0.39, 0.29) is 0 Å². The second-order valence-electron chi connectivity index (χ2n) is 5.61. The lowest BCUT2D eigenvalue weighted by molar-refractivity contribution is 0.241. The van der Waals surface area contributed by atoms with Gasteiger partial charge in [0.1, 0.15) is 5.75 Å². The van der Waals surface area contributed by atoms with E-state index in [0.717, 1.165) is 18.9 Å². The Morgan fingerprint density at radius 1 is 1.25 bits per heavy atom. The molecule has 1 aliphatic heterocycles. The van der Waals surface area contributed by atoms with Gasteiger partial charge in [-0.15, -0.1) is 0 Å². The second kappa shape index (κ2) is 8.28. The van der Waals surface area contributed by atoms with Gasteiger partial charge < -0.3 is 10.1 Å². The maximum atomic E-state index is 5.50. The Balaban J connectivity index is 1.88. The standard InChI is InChI=1S/C17H28N2O/c1-3-12-19(14-16-6-5-11-18-16)13-15-7-9-17(10-8-15)20-4-2/h7-10,16,18H,3-6,11-14H2,1-2H3. The fourth-order valence-corrected chi connectivity index (χ4v) is 2.89. The number of nitrogens with one attached hydrogen (secondary N) is 1. The molecule has 20 heavy (non-hydrogen) atoms. The molecule has 1 atom stereocenters. The molecule has 1 saturated heterocycles. The van der Waals surface area contributed by atoms with Crippen LogP contribution in [0.1, 0.15) is 38.7 Å². The molecule has 0 aliphatic carbocycles. The van der Waals surface area contributed by atoms with Crippen LogP contribution < -0.4 is 10.1 Å². The summed E-state index contributed by atoms with van der Waals surface area (Å²) in [5.41, 5.74) is 1.37. The van der Waals surface area contributed by atoms with Crippen molar-refractivity contribution in [1.82, 2.24) is 10.2 Å². The predicted molar refractivity (Wildman–Crippen MR) is 84.2 cm³/mol. The quantitative estimate of drug-likeness (QED) is 0.790. The van der Waals surface area contributed by atoms with Crippen molar-refractivity contribution in [2.24, 2.45) is 0 Å². The number of nitrogens with zero attached hydrogens (tertiary/aromatic N) is 1. The molecule has 1 aromatic rings. The minimum Gasteiger partial charge on any atom is -0.494 e. The minimum absolute atomic E-state index is 0.684. The third-order valence-electron chi connectivity index (χ3n) is 3.82. The summed E-state index contributed by atoms with van der Waals surface area (Å²) in [4.78, 5) is 2.57. The number of hydrogen-bond donors (Lipinski definition) is 1. The van der Waals surface area contributed by atoms with Gasteiger partial charge >= 0.3 is 0 Å². The van der Waals surface area contributed by atoms with Gasteiger partial charge in [-0.25, -0.2) is 0 Å². The Kier molecular flexibility index (Phi) is 6.34. The van der Waals surface area contributed by atoms with Crippen LogP contribution in [0.15, 0.2) is 24.3 Å². The van der Waals surface area contributed by atoms with Gasteiger partial charge in [-0.05, 0) is 57.0 Å². The molecular formula is C17H28N2O. The number of ether oxygens (including phenoxy) is 1. The highest BCUT2D eigenvalue weighted by atomic mass is 16.5. The molecule has 1 N–H and O–H groups in total. The van der Waals surface area contributed by atoms with Crippen LogP contribution in [0.4, 0.5) is 0 Å². The normalized spacial score (nSPS) is 18.6. The Morgan fingerprint density at radius 2 is 2.05 bits per heavy atom. The van der Waals surface area contributed by atoms with Crippen molar-refractivity contribution >= 4 is 0 Å². The van der Waals surface area contributed by atoms with Gasteiger partial charge in [0.2, 0.25) is 0 Å². The van der Waals surface area contributed by atoms with Crippen molar-refractivity contribution in [1.29, 1.82) is 0 Å². The molecule has 112 valence electrons. The van der Waals surface area contributed by atoms with Crippen LogP contribution in [0.5, 0.6) is 5.75 Å². The molecule has 1 aliphatic rings. The fourth-order valence-electron chi connectivity index (χ4n) is 2.89. The number of rotatable bonds is 8. The average Bonchev–Trinajstić information content (AvgIpc) is 2.94.